The number of aromatic nitrogens is 3. The summed E-state index contributed by atoms with van der Waals surface area (Å²) in [5, 5.41) is 19.3. The molecule has 1 unspecified atom stereocenters. The number of hydroxylamine groups is 2. The van der Waals surface area contributed by atoms with Gasteiger partial charge in [0.25, 0.3) is 5.91 Å². The number of carbonyl (C=O) groups excluding carboxylic acids is 2. The molecule has 0 radical (unpaired) electrons. The Labute approximate surface area is 155 Å². The van der Waals surface area contributed by atoms with Crippen LogP contribution in [0.25, 0.3) is 5.70 Å². The number of fused-ring (bicyclic) bond motifs is 2. The first-order valence-electron chi connectivity index (χ1n) is 7.53. The van der Waals surface area contributed by atoms with Crippen LogP contribution in [0.3, 0.4) is 0 Å². The second-order valence-corrected chi connectivity index (χ2v) is 5.86. The van der Waals surface area contributed by atoms with Crippen LogP contribution in [0, 0.1) is 0 Å². The van der Waals surface area contributed by atoms with Crippen LogP contribution in [0.1, 0.15) is 10.5 Å². The van der Waals surface area contributed by atoms with Crippen molar-refractivity contribution >= 4 is 36.0 Å². The molecule has 1 saturated heterocycles. The van der Waals surface area contributed by atoms with E-state index in [2.05, 4.69) is 24.8 Å². The topological polar surface area (TPSA) is 144 Å². The number of oxazole rings is 1. The van der Waals surface area contributed by atoms with Gasteiger partial charge in [-0.15, -0.1) is 4.33 Å². The van der Waals surface area contributed by atoms with Gasteiger partial charge in [0, 0.05) is 12.7 Å². The number of carbonyl (C=O) groups is 2. The zero-order valence-electron chi connectivity index (χ0n) is 13.4. The molecule has 3 amide bonds. The Kier molecular flexibility index (Phi) is 4.78. The molecule has 2 aromatic heterocycles. The number of urea groups is 1. The first kappa shape index (κ1) is 17.5. The van der Waals surface area contributed by atoms with E-state index in [0.717, 1.165) is 5.06 Å². The summed E-state index contributed by atoms with van der Waals surface area (Å²) < 4.78 is 15.6. The molecule has 2 aliphatic rings. The summed E-state index contributed by atoms with van der Waals surface area (Å²) in [6.45, 7) is 0.696. The highest BCUT2D eigenvalue weighted by Gasteiger charge is 2.42. The maximum absolute atomic E-state index is 12.3. The quantitative estimate of drug-likeness (QED) is 0.301. The Morgan fingerprint density at radius 3 is 3.15 bits per heavy atom. The summed E-state index contributed by atoms with van der Waals surface area (Å²) in [5.74, 6) is -0.477. The van der Waals surface area contributed by atoms with Gasteiger partial charge in [-0.1, -0.05) is 5.04 Å². The minimum Gasteiger partial charge on any atom is -0.432 e. The molecule has 1 fully saturated rings. The van der Waals surface area contributed by atoms with Gasteiger partial charge in [0.1, 0.15) is 12.3 Å². The number of nitrogens with zero attached hydrogens (tertiary/aromatic N) is 5. The molecule has 4 rings (SSSR count). The number of nitrogens with one attached hydrogen (secondary N) is 1. The Balaban J connectivity index is 1.46. The SMILES string of the molecule is O=C(Nc1ncco1)c1ccn(C2=CC3CN(C2)C(=O)N3OSOOO)n1. The van der Waals surface area contributed by atoms with Gasteiger partial charge in [-0.2, -0.15) is 14.4 Å². The predicted molar refractivity (Wildman–Crippen MR) is 87.0 cm³/mol. The van der Waals surface area contributed by atoms with Crippen molar-refractivity contribution < 1.29 is 32.9 Å². The lowest BCUT2D eigenvalue weighted by Gasteiger charge is -2.20. The third kappa shape index (κ3) is 3.51. The van der Waals surface area contributed by atoms with Crippen LogP contribution in [-0.2, 0) is 13.7 Å². The molecule has 0 spiro atoms. The maximum atomic E-state index is 12.3. The molecular weight excluding hydrogens is 384 g/mol. The second-order valence-electron chi connectivity index (χ2n) is 5.44. The number of hydrogen-bond acceptors (Lipinski definition) is 10. The van der Waals surface area contributed by atoms with Crippen molar-refractivity contribution in [2.24, 2.45) is 0 Å². The van der Waals surface area contributed by atoms with Gasteiger partial charge in [-0.25, -0.2) is 19.7 Å². The molecule has 13 nitrogen and oxygen atoms in total. The van der Waals surface area contributed by atoms with Gasteiger partial charge in [-0.3, -0.25) is 10.1 Å². The Morgan fingerprint density at radius 2 is 2.37 bits per heavy atom. The van der Waals surface area contributed by atoms with E-state index in [9.17, 15) is 9.59 Å². The third-order valence-corrected chi connectivity index (χ3v) is 4.18. The second kappa shape index (κ2) is 7.37. The largest absolute Gasteiger partial charge is 0.432 e. The standard InChI is InChI=1S/C13H12N6O7S/c20-11(15-12-14-2-4-23-12)10-1-3-18(16-10)8-5-9-7-17(6-8)13(21)19(9)24-27-26-25-22/h1-5,9,22H,6-7H2,(H,14,15,20). The Hall–Kier alpha value is -2.91. The van der Waals surface area contributed by atoms with E-state index in [1.807, 2.05) is 0 Å². The average Bonchev–Trinajstić information content (AvgIpc) is 3.39. The summed E-state index contributed by atoms with van der Waals surface area (Å²) in [4.78, 5) is 29.8. The smallest absolute Gasteiger partial charge is 0.346 e. The van der Waals surface area contributed by atoms with E-state index < -0.39 is 11.9 Å². The van der Waals surface area contributed by atoms with Crippen LogP contribution in [0.5, 0.6) is 0 Å². The zero-order chi connectivity index (χ0) is 18.8. The normalized spacial score (nSPS) is 18.8. The molecule has 2 bridgehead atoms. The monoisotopic (exact) mass is 396 g/mol. The first-order valence-corrected chi connectivity index (χ1v) is 8.19. The zero-order valence-corrected chi connectivity index (χ0v) is 14.2. The lowest BCUT2D eigenvalue weighted by atomic mass is 10.2. The van der Waals surface area contributed by atoms with Crippen molar-refractivity contribution in [3.8, 4) is 0 Å². The van der Waals surface area contributed by atoms with E-state index >= 15 is 0 Å². The van der Waals surface area contributed by atoms with Crippen LogP contribution in [0.4, 0.5) is 10.8 Å². The van der Waals surface area contributed by atoms with Crippen molar-refractivity contribution in [1.82, 2.24) is 24.7 Å². The highest BCUT2D eigenvalue weighted by atomic mass is 32.2. The Bertz CT molecular complexity index is 868. The van der Waals surface area contributed by atoms with Crippen molar-refractivity contribution in [3.63, 3.8) is 0 Å². The van der Waals surface area contributed by atoms with E-state index in [0.29, 0.717) is 24.6 Å². The molecule has 0 saturated carbocycles. The van der Waals surface area contributed by atoms with E-state index in [4.69, 9.17) is 14.0 Å². The third-order valence-electron chi connectivity index (χ3n) is 3.84. The van der Waals surface area contributed by atoms with Gasteiger partial charge in [0.15, 0.2) is 5.69 Å². The van der Waals surface area contributed by atoms with Crippen LogP contribution in [0.2, 0.25) is 0 Å². The molecule has 142 valence electrons. The van der Waals surface area contributed by atoms with Gasteiger partial charge in [0.2, 0.25) is 12.3 Å². The molecule has 0 aromatic carbocycles. The fourth-order valence-electron chi connectivity index (χ4n) is 2.73. The number of anilines is 1. The fourth-order valence-corrected chi connectivity index (χ4v) is 3.02. The Morgan fingerprint density at radius 1 is 1.48 bits per heavy atom. The minimum absolute atomic E-state index is 0.0700. The van der Waals surface area contributed by atoms with E-state index in [-0.39, 0.29) is 24.3 Å². The molecule has 27 heavy (non-hydrogen) atoms. The van der Waals surface area contributed by atoms with Crippen molar-refractivity contribution in [2.45, 2.75) is 6.04 Å². The summed E-state index contributed by atoms with van der Waals surface area (Å²) >= 11 is 0.297. The van der Waals surface area contributed by atoms with Crippen molar-refractivity contribution in [2.75, 3.05) is 18.4 Å². The number of amides is 3. The lowest BCUT2D eigenvalue weighted by Crippen LogP contribution is -2.32. The highest BCUT2D eigenvalue weighted by molar-refractivity contribution is 7.89. The average molecular weight is 396 g/mol. The molecule has 2 N–H and O–H groups in total. The summed E-state index contributed by atoms with van der Waals surface area (Å²) in [6, 6.07) is 0.822. The first-order chi connectivity index (χ1) is 13.2. The highest BCUT2D eigenvalue weighted by Crippen LogP contribution is 2.28. The molecule has 2 aromatic rings. The molecule has 1 atom stereocenters. The number of hydrogen-bond donors (Lipinski definition) is 2. The summed E-state index contributed by atoms with van der Waals surface area (Å²) in [6.07, 6.45) is 6.14. The van der Waals surface area contributed by atoms with E-state index in [1.165, 1.54) is 28.1 Å². The van der Waals surface area contributed by atoms with Crippen LogP contribution in [0.15, 0.2) is 35.2 Å². The van der Waals surface area contributed by atoms with Gasteiger partial charge in [0.05, 0.1) is 18.4 Å². The molecule has 14 heteroatoms. The molecule has 0 aliphatic carbocycles. The van der Waals surface area contributed by atoms with Gasteiger partial charge >= 0.3 is 12.0 Å². The maximum Gasteiger partial charge on any atom is 0.346 e. The van der Waals surface area contributed by atoms with Crippen LogP contribution >= 0.6 is 12.3 Å². The predicted octanol–water partition coefficient (Wildman–Crippen LogP) is 1.00. The van der Waals surface area contributed by atoms with E-state index in [1.54, 1.807) is 12.3 Å². The van der Waals surface area contributed by atoms with Crippen molar-refractivity contribution in [3.05, 3.63) is 36.5 Å². The van der Waals surface area contributed by atoms with Crippen molar-refractivity contribution in [1.29, 1.82) is 0 Å². The van der Waals surface area contributed by atoms with Crippen LogP contribution in [-0.4, -0.2) is 61.1 Å². The summed E-state index contributed by atoms with van der Waals surface area (Å²) in [7, 11) is 0. The molecular formula is C13H12N6O7S. The van der Waals surface area contributed by atoms with Gasteiger partial charge in [-0.05, 0) is 12.1 Å². The van der Waals surface area contributed by atoms with Gasteiger partial charge < -0.3 is 9.32 Å². The summed E-state index contributed by atoms with van der Waals surface area (Å²) in [5.41, 5.74) is 0.843. The number of rotatable bonds is 7. The molecule has 2 aliphatic heterocycles. The minimum atomic E-state index is -0.477. The lowest BCUT2D eigenvalue weighted by molar-refractivity contribution is -0.435. The molecule has 4 heterocycles. The fraction of sp³-hybridized carbons (Fsp3) is 0.231. The van der Waals surface area contributed by atoms with Crippen LogP contribution < -0.4 is 5.32 Å².